The summed E-state index contributed by atoms with van der Waals surface area (Å²) in [5.41, 5.74) is 3.66. The van der Waals surface area contributed by atoms with E-state index in [2.05, 4.69) is 17.2 Å². The highest BCUT2D eigenvalue weighted by Crippen LogP contribution is 2.23. The second-order valence-corrected chi connectivity index (χ2v) is 6.32. The molecule has 3 rings (SSSR count). The van der Waals surface area contributed by atoms with Crippen molar-refractivity contribution in [1.29, 1.82) is 0 Å². The highest BCUT2D eigenvalue weighted by molar-refractivity contribution is 6.14. The maximum absolute atomic E-state index is 12.2. The van der Waals surface area contributed by atoms with E-state index in [-0.39, 0.29) is 5.91 Å². The van der Waals surface area contributed by atoms with Gasteiger partial charge >= 0.3 is 0 Å². The van der Waals surface area contributed by atoms with E-state index in [1.54, 1.807) is 14.2 Å². The van der Waals surface area contributed by atoms with Crippen LogP contribution in [0, 0.1) is 0 Å². The highest BCUT2D eigenvalue weighted by Gasteiger charge is 2.19. The van der Waals surface area contributed by atoms with E-state index in [0.717, 1.165) is 35.5 Å². The number of nitrogens with one attached hydrogen (secondary N) is 1. The molecular weight excluding hydrogens is 340 g/mol. The first-order valence-corrected chi connectivity index (χ1v) is 9.03. The molecule has 5 nitrogen and oxygen atoms in total. The molecule has 0 unspecified atom stereocenters. The maximum Gasteiger partial charge on any atom is 0.275 e. The monoisotopic (exact) mass is 364 g/mol. The molecule has 0 radical (unpaired) electrons. The van der Waals surface area contributed by atoms with Gasteiger partial charge in [-0.2, -0.15) is 0 Å². The van der Waals surface area contributed by atoms with E-state index in [9.17, 15) is 4.79 Å². The minimum atomic E-state index is -0.159. The number of amides is 1. The van der Waals surface area contributed by atoms with Crippen LogP contribution in [-0.2, 0) is 17.6 Å². The summed E-state index contributed by atoms with van der Waals surface area (Å²) in [4.78, 5) is 16.7. The minimum Gasteiger partial charge on any atom is -0.497 e. The van der Waals surface area contributed by atoms with E-state index in [1.807, 2.05) is 48.5 Å². The Kier molecular flexibility index (Phi) is 5.91. The van der Waals surface area contributed by atoms with Crippen LogP contribution >= 0.6 is 0 Å². The molecule has 0 aromatic heterocycles. The lowest BCUT2D eigenvalue weighted by Crippen LogP contribution is -2.24. The molecule has 0 spiro atoms. The van der Waals surface area contributed by atoms with Crippen LogP contribution in [0.4, 0.5) is 0 Å². The Hall–Kier alpha value is -3.08. The van der Waals surface area contributed by atoms with Gasteiger partial charge < -0.3 is 14.8 Å². The fraction of sp³-hybridized carbons (Fsp3) is 0.273. The number of amidine groups is 1. The largest absolute Gasteiger partial charge is 0.497 e. The smallest absolute Gasteiger partial charge is 0.275 e. The maximum atomic E-state index is 12.2. The van der Waals surface area contributed by atoms with Crippen molar-refractivity contribution in [1.82, 2.24) is 5.32 Å². The van der Waals surface area contributed by atoms with Gasteiger partial charge in [-0.1, -0.05) is 25.1 Å². The number of nitrogens with zero attached hydrogens (tertiary/aromatic N) is 1. The number of methoxy groups -OCH3 is 2. The Labute approximate surface area is 159 Å². The minimum absolute atomic E-state index is 0.159. The molecule has 1 heterocycles. The van der Waals surface area contributed by atoms with E-state index < -0.39 is 0 Å². The molecule has 1 amide bonds. The lowest BCUT2D eigenvalue weighted by molar-refractivity contribution is -0.115. The van der Waals surface area contributed by atoms with Crippen LogP contribution in [0.2, 0.25) is 0 Å². The molecule has 0 aliphatic carbocycles. The number of hydrogen-bond acceptors (Lipinski definition) is 4. The molecule has 0 saturated heterocycles. The van der Waals surface area contributed by atoms with E-state index in [1.165, 1.54) is 5.56 Å². The summed E-state index contributed by atoms with van der Waals surface area (Å²) in [5, 5.41) is 2.86. The number of carbonyl (C=O) groups is 1. The predicted molar refractivity (Wildman–Crippen MR) is 107 cm³/mol. The Balaban J connectivity index is 1.70. The molecule has 1 N–H and O–H groups in total. The fourth-order valence-corrected chi connectivity index (χ4v) is 3.01. The van der Waals surface area contributed by atoms with Crippen molar-refractivity contribution in [2.75, 3.05) is 14.2 Å². The van der Waals surface area contributed by atoms with Gasteiger partial charge in [-0.15, -0.1) is 0 Å². The van der Waals surface area contributed by atoms with Gasteiger partial charge in [-0.25, -0.2) is 4.99 Å². The van der Waals surface area contributed by atoms with Gasteiger partial charge in [0.2, 0.25) is 0 Å². The van der Waals surface area contributed by atoms with Gasteiger partial charge in [-0.05, 0) is 59.9 Å². The summed E-state index contributed by atoms with van der Waals surface area (Å²) in [6.45, 7) is 2.08. The van der Waals surface area contributed by atoms with Gasteiger partial charge in [0.1, 0.15) is 23.0 Å². The third-order valence-electron chi connectivity index (χ3n) is 4.54. The molecule has 2 aromatic carbocycles. The summed E-state index contributed by atoms with van der Waals surface area (Å²) >= 11 is 0. The number of hydrogen-bond donors (Lipinski definition) is 1. The SMILES string of the molecule is CCc1cc(/C=C2/N=C(CCc3ccc(OC)cc3)NC2=O)ccc1OC. The van der Waals surface area contributed by atoms with Gasteiger partial charge in [0.25, 0.3) is 5.91 Å². The number of aliphatic imine (C=N–C) groups is 1. The van der Waals surface area contributed by atoms with Crippen LogP contribution in [0.5, 0.6) is 11.5 Å². The zero-order valence-corrected chi connectivity index (χ0v) is 15.9. The number of carbonyl (C=O) groups excluding carboxylic acids is 1. The zero-order valence-electron chi connectivity index (χ0n) is 15.9. The second kappa shape index (κ2) is 8.54. The van der Waals surface area contributed by atoms with Crippen molar-refractivity contribution in [3.8, 4) is 11.5 Å². The summed E-state index contributed by atoms with van der Waals surface area (Å²) in [6.07, 6.45) is 4.16. The van der Waals surface area contributed by atoms with E-state index >= 15 is 0 Å². The fourth-order valence-electron chi connectivity index (χ4n) is 3.01. The van der Waals surface area contributed by atoms with Crippen LogP contribution in [0.3, 0.4) is 0 Å². The highest BCUT2D eigenvalue weighted by atomic mass is 16.5. The molecule has 1 aliphatic heterocycles. The van der Waals surface area contributed by atoms with Crippen LogP contribution in [-0.4, -0.2) is 26.0 Å². The first-order valence-electron chi connectivity index (χ1n) is 9.03. The van der Waals surface area contributed by atoms with Gasteiger partial charge in [0, 0.05) is 6.42 Å². The Morgan fingerprint density at radius 1 is 1.04 bits per heavy atom. The van der Waals surface area contributed by atoms with Gasteiger partial charge in [-0.3, -0.25) is 4.79 Å². The first-order chi connectivity index (χ1) is 13.1. The Morgan fingerprint density at radius 3 is 2.48 bits per heavy atom. The molecule has 0 atom stereocenters. The topological polar surface area (TPSA) is 59.9 Å². The molecular formula is C22H24N2O3. The lowest BCUT2D eigenvalue weighted by atomic mass is 10.1. The van der Waals surface area contributed by atoms with Crippen LogP contribution in [0.25, 0.3) is 6.08 Å². The lowest BCUT2D eigenvalue weighted by Gasteiger charge is -2.07. The van der Waals surface area contributed by atoms with E-state index in [0.29, 0.717) is 18.0 Å². The van der Waals surface area contributed by atoms with Crippen molar-refractivity contribution in [2.45, 2.75) is 26.2 Å². The van der Waals surface area contributed by atoms with Crippen LogP contribution in [0.15, 0.2) is 53.2 Å². The summed E-state index contributed by atoms with van der Waals surface area (Å²) in [5.74, 6) is 2.24. The van der Waals surface area contributed by atoms with Crippen LogP contribution in [0.1, 0.15) is 30.0 Å². The molecule has 5 heteroatoms. The molecule has 1 aliphatic rings. The average molecular weight is 364 g/mol. The van der Waals surface area contributed by atoms with Crippen LogP contribution < -0.4 is 14.8 Å². The summed E-state index contributed by atoms with van der Waals surface area (Å²) in [6, 6.07) is 13.8. The van der Waals surface area contributed by atoms with Crippen molar-refractivity contribution in [2.24, 2.45) is 4.99 Å². The molecule has 2 aromatic rings. The van der Waals surface area contributed by atoms with Crippen molar-refractivity contribution in [3.05, 3.63) is 64.9 Å². The van der Waals surface area contributed by atoms with Gasteiger partial charge in [0.15, 0.2) is 0 Å². The number of rotatable bonds is 7. The third kappa shape index (κ3) is 4.56. The molecule has 27 heavy (non-hydrogen) atoms. The standard InChI is InChI=1S/C22H24N2O3/c1-4-17-13-16(7-11-20(17)27-3)14-19-22(25)24-21(23-19)12-8-15-5-9-18(26-2)10-6-15/h5-7,9-11,13-14H,4,8,12H2,1-3H3,(H,23,24,25)/b19-14+. The zero-order chi connectivity index (χ0) is 19.2. The molecule has 0 fully saturated rings. The number of ether oxygens (including phenoxy) is 2. The molecule has 0 saturated carbocycles. The number of benzene rings is 2. The normalized spacial score (nSPS) is 14.9. The van der Waals surface area contributed by atoms with Crippen molar-refractivity contribution < 1.29 is 14.3 Å². The Morgan fingerprint density at radius 2 is 1.81 bits per heavy atom. The first kappa shape index (κ1) is 18.7. The predicted octanol–water partition coefficient (Wildman–Crippen LogP) is 3.77. The second-order valence-electron chi connectivity index (χ2n) is 6.32. The number of aryl methyl sites for hydroxylation is 2. The molecule has 140 valence electrons. The molecule has 0 bridgehead atoms. The van der Waals surface area contributed by atoms with Gasteiger partial charge in [0.05, 0.1) is 14.2 Å². The summed E-state index contributed by atoms with van der Waals surface area (Å²) < 4.78 is 10.5. The Bertz CT molecular complexity index is 883. The third-order valence-corrected chi connectivity index (χ3v) is 4.54. The quantitative estimate of drug-likeness (QED) is 0.761. The average Bonchev–Trinajstić information content (AvgIpc) is 3.06. The summed E-state index contributed by atoms with van der Waals surface area (Å²) in [7, 11) is 3.31. The van der Waals surface area contributed by atoms with E-state index in [4.69, 9.17) is 9.47 Å². The van der Waals surface area contributed by atoms with Crippen molar-refractivity contribution in [3.63, 3.8) is 0 Å². The van der Waals surface area contributed by atoms with Crippen molar-refractivity contribution >= 4 is 17.8 Å².